The van der Waals surface area contributed by atoms with Crippen LogP contribution in [0.25, 0.3) is 0 Å². The molecule has 0 aliphatic heterocycles. The Bertz CT molecular complexity index is 495. The third kappa shape index (κ3) is 2.63. The first kappa shape index (κ1) is 12.0. The van der Waals surface area contributed by atoms with Gasteiger partial charge < -0.3 is 5.84 Å². The van der Waals surface area contributed by atoms with Crippen molar-refractivity contribution in [1.82, 2.24) is 0 Å². The van der Waals surface area contributed by atoms with Crippen LogP contribution in [0.4, 0.5) is 0 Å². The van der Waals surface area contributed by atoms with Gasteiger partial charge in [0.15, 0.2) is 5.78 Å². The number of carbonyl (C=O) groups is 1. The van der Waals surface area contributed by atoms with Gasteiger partial charge >= 0.3 is 0 Å². The molecule has 3 nitrogen and oxygen atoms in total. The molecular formula is C15H14N2O. The largest absolute Gasteiger partial charge is 0.323 e. The van der Waals surface area contributed by atoms with Crippen molar-refractivity contribution in [3.05, 3.63) is 71.8 Å². The van der Waals surface area contributed by atoms with Crippen molar-refractivity contribution in [1.29, 1.82) is 0 Å². The summed E-state index contributed by atoms with van der Waals surface area (Å²) in [4.78, 5) is 12.1. The molecule has 0 saturated carbocycles. The minimum atomic E-state index is -0.348. The Morgan fingerprint density at radius 2 is 1.39 bits per heavy atom. The molecule has 0 amide bonds. The van der Waals surface area contributed by atoms with E-state index >= 15 is 0 Å². The van der Waals surface area contributed by atoms with E-state index in [1.165, 1.54) is 6.21 Å². The second-order valence-corrected chi connectivity index (χ2v) is 3.93. The van der Waals surface area contributed by atoms with Gasteiger partial charge in [-0.2, -0.15) is 5.10 Å². The summed E-state index contributed by atoms with van der Waals surface area (Å²) in [7, 11) is 0. The number of hydrogen-bond donors (Lipinski definition) is 1. The molecule has 0 fully saturated rings. The Labute approximate surface area is 106 Å². The topological polar surface area (TPSA) is 55.4 Å². The van der Waals surface area contributed by atoms with E-state index in [0.29, 0.717) is 0 Å². The van der Waals surface area contributed by atoms with E-state index in [4.69, 9.17) is 5.84 Å². The lowest BCUT2D eigenvalue weighted by Gasteiger charge is -2.14. The highest BCUT2D eigenvalue weighted by Crippen LogP contribution is 2.24. The third-order valence-electron chi connectivity index (χ3n) is 2.75. The SMILES string of the molecule is NN=CC(=O)C(c1ccccc1)c1ccccc1. The molecule has 2 rings (SSSR count). The first-order chi connectivity index (χ1) is 8.83. The molecule has 0 saturated heterocycles. The maximum atomic E-state index is 12.1. The number of hydrazone groups is 1. The molecule has 0 aliphatic rings. The van der Waals surface area contributed by atoms with Gasteiger partial charge in [0.05, 0.1) is 12.1 Å². The molecule has 0 atom stereocenters. The molecule has 90 valence electrons. The first-order valence-electron chi connectivity index (χ1n) is 5.70. The van der Waals surface area contributed by atoms with Gasteiger partial charge in [-0.25, -0.2) is 0 Å². The van der Waals surface area contributed by atoms with Crippen LogP contribution in [0.15, 0.2) is 65.8 Å². The number of carbonyl (C=O) groups excluding carboxylic acids is 1. The Hall–Kier alpha value is -2.42. The van der Waals surface area contributed by atoms with E-state index in [1.807, 2.05) is 60.7 Å². The number of rotatable bonds is 4. The molecule has 0 unspecified atom stereocenters. The van der Waals surface area contributed by atoms with Crippen LogP contribution in [0.3, 0.4) is 0 Å². The van der Waals surface area contributed by atoms with E-state index < -0.39 is 0 Å². The average Bonchev–Trinajstić information content (AvgIpc) is 2.42. The molecule has 2 aromatic rings. The van der Waals surface area contributed by atoms with Crippen LogP contribution in [-0.2, 0) is 4.79 Å². The number of benzene rings is 2. The van der Waals surface area contributed by atoms with Crippen molar-refractivity contribution in [3.8, 4) is 0 Å². The lowest BCUT2D eigenvalue weighted by Crippen LogP contribution is -2.15. The quantitative estimate of drug-likeness (QED) is 0.505. The van der Waals surface area contributed by atoms with Gasteiger partial charge in [0.1, 0.15) is 0 Å². The van der Waals surface area contributed by atoms with Gasteiger partial charge in [0, 0.05) is 0 Å². The molecule has 0 radical (unpaired) electrons. The molecule has 3 heteroatoms. The summed E-state index contributed by atoms with van der Waals surface area (Å²) < 4.78 is 0. The van der Waals surface area contributed by atoms with Gasteiger partial charge in [0.2, 0.25) is 0 Å². The second kappa shape index (κ2) is 5.77. The predicted octanol–water partition coefficient (Wildman–Crippen LogP) is 2.33. The molecule has 0 bridgehead atoms. The van der Waals surface area contributed by atoms with E-state index in [2.05, 4.69) is 5.10 Å². The van der Waals surface area contributed by atoms with Gasteiger partial charge in [-0.3, -0.25) is 4.79 Å². The predicted molar refractivity (Wildman–Crippen MR) is 72.4 cm³/mol. The van der Waals surface area contributed by atoms with Crippen LogP contribution in [0.1, 0.15) is 17.0 Å². The summed E-state index contributed by atoms with van der Waals surface area (Å²) in [5.74, 6) is 4.61. The van der Waals surface area contributed by atoms with Crippen LogP contribution in [-0.4, -0.2) is 12.0 Å². The number of Topliss-reactive ketones (excluding diaryl/α,β-unsaturated/α-hetero) is 1. The molecule has 0 heterocycles. The van der Waals surface area contributed by atoms with Gasteiger partial charge in [-0.05, 0) is 11.1 Å². The first-order valence-corrected chi connectivity index (χ1v) is 5.70. The Balaban J connectivity index is 2.45. The molecule has 0 aromatic heterocycles. The average molecular weight is 238 g/mol. The van der Waals surface area contributed by atoms with Crippen LogP contribution in [0, 0.1) is 0 Å². The second-order valence-electron chi connectivity index (χ2n) is 3.93. The zero-order chi connectivity index (χ0) is 12.8. The third-order valence-corrected chi connectivity index (χ3v) is 2.75. The Kier molecular flexibility index (Phi) is 3.86. The van der Waals surface area contributed by atoms with Gasteiger partial charge in [-0.1, -0.05) is 60.7 Å². The molecule has 2 N–H and O–H groups in total. The summed E-state index contributed by atoms with van der Waals surface area (Å²) in [6.07, 6.45) is 1.17. The van der Waals surface area contributed by atoms with Crippen molar-refractivity contribution in [2.24, 2.45) is 10.9 Å². The van der Waals surface area contributed by atoms with Crippen molar-refractivity contribution in [2.75, 3.05) is 0 Å². The maximum absolute atomic E-state index is 12.1. The Morgan fingerprint density at radius 3 is 1.78 bits per heavy atom. The van der Waals surface area contributed by atoms with Crippen molar-refractivity contribution < 1.29 is 4.79 Å². The molecule has 0 aliphatic carbocycles. The normalized spacial score (nSPS) is 10.9. The van der Waals surface area contributed by atoms with E-state index in [0.717, 1.165) is 11.1 Å². The number of nitrogens with zero attached hydrogens (tertiary/aromatic N) is 1. The highest BCUT2D eigenvalue weighted by Gasteiger charge is 2.20. The fraction of sp³-hybridized carbons (Fsp3) is 0.0667. The molecule has 2 aromatic carbocycles. The van der Waals surface area contributed by atoms with Crippen LogP contribution < -0.4 is 5.84 Å². The molecule has 18 heavy (non-hydrogen) atoms. The van der Waals surface area contributed by atoms with Crippen LogP contribution >= 0.6 is 0 Å². The summed E-state index contributed by atoms with van der Waals surface area (Å²) in [5, 5.41) is 3.33. The van der Waals surface area contributed by atoms with Gasteiger partial charge in [0.25, 0.3) is 0 Å². The lowest BCUT2D eigenvalue weighted by atomic mass is 9.88. The zero-order valence-corrected chi connectivity index (χ0v) is 9.86. The van der Waals surface area contributed by atoms with E-state index in [-0.39, 0.29) is 11.7 Å². The number of hydrogen-bond acceptors (Lipinski definition) is 3. The van der Waals surface area contributed by atoms with E-state index in [1.54, 1.807) is 0 Å². The van der Waals surface area contributed by atoms with E-state index in [9.17, 15) is 4.79 Å². The van der Waals surface area contributed by atoms with Crippen LogP contribution in [0.2, 0.25) is 0 Å². The summed E-state index contributed by atoms with van der Waals surface area (Å²) >= 11 is 0. The molecule has 0 spiro atoms. The minimum absolute atomic E-state index is 0.116. The summed E-state index contributed by atoms with van der Waals surface area (Å²) in [6, 6.07) is 19.2. The highest BCUT2D eigenvalue weighted by atomic mass is 16.1. The van der Waals surface area contributed by atoms with Crippen molar-refractivity contribution >= 4 is 12.0 Å². The monoisotopic (exact) mass is 238 g/mol. The van der Waals surface area contributed by atoms with Crippen molar-refractivity contribution in [2.45, 2.75) is 5.92 Å². The van der Waals surface area contributed by atoms with Crippen LogP contribution in [0.5, 0.6) is 0 Å². The van der Waals surface area contributed by atoms with Gasteiger partial charge in [-0.15, -0.1) is 0 Å². The minimum Gasteiger partial charge on any atom is -0.323 e. The summed E-state index contributed by atoms with van der Waals surface area (Å²) in [6.45, 7) is 0. The molecular weight excluding hydrogens is 224 g/mol. The highest BCUT2D eigenvalue weighted by molar-refractivity contribution is 6.30. The zero-order valence-electron chi connectivity index (χ0n) is 9.86. The Morgan fingerprint density at radius 1 is 0.944 bits per heavy atom. The summed E-state index contributed by atoms with van der Waals surface area (Å²) in [5.41, 5.74) is 1.88. The van der Waals surface area contributed by atoms with Crippen molar-refractivity contribution in [3.63, 3.8) is 0 Å². The number of nitrogens with two attached hydrogens (primary N) is 1. The number of ketones is 1. The standard InChI is InChI=1S/C15H14N2O/c16-17-11-14(18)15(12-7-3-1-4-8-12)13-9-5-2-6-10-13/h1-11,15H,16H2. The fourth-order valence-electron chi connectivity index (χ4n) is 1.96. The maximum Gasteiger partial charge on any atom is 0.187 e. The fourth-order valence-corrected chi connectivity index (χ4v) is 1.96. The smallest absolute Gasteiger partial charge is 0.187 e. The lowest BCUT2D eigenvalue weighted by molar-refractivity contribution is -0.113.